The van der Waals surface area contributed by atoms with Crippen LogP contribution in [0.3, 0.4) is 0 Å². The van der Waals surface area contributed by atoms with Crippen molar-refractivity contribution < 1.29 is 8.42 Å². The average Bonchev–Trinajstić information content (AvgIpc) is 2.02. The van der Waals surface area contributed by atoms with E-state index in [1.807, 2.05) is 18.9 Å². The molecule has 0 fully saturated rings. The van der Waals surface area contributed by atoms with E-state index >= 15 is 0 Å². The van der Waals surface area contributed by atoms with Gasteiger partial charge in [0.2, 0.25) is 0 Å². The first kappa shape index (κ1) is 13.4. The maximum absolute atomic E-state index is 10.8. The van der Waals surface area contributed by atoms with Crippen molar-refractivity contribution in [2.75, 3.05) is 25.6 Å². The first-order valence-corrected chi connectivity index (χ1v) is 6.68. The molecule has 0 aromatic heterocycles. The average molecular weight is 218 g/mol. The molecule has 0 aromatic rings. The van der Waals surface area contributed by atoms with Crippen molar-refractivity contribution in [3.8, 4) is 6.07 Å². The van der Waals surface area contributed by atoms with Crippen LogP contribution in [0.15, 0.2) is 0 Å². The zero-order valence-corrected chi connectivity index (χ0v) is 9.84. The Morgan fingerprint density at radius 1 is 1.50 bits per heavy atom. The van der Waals surface area contributed by atoms with E-state index in [2.05, 4.69) is 6.07 Å². The summed E-state index contributed by atoms with van der Waals surface area (Å²) in [6.45, 7) is 2.68. The molecule has 0 aromatic carbocycles. The topological polar surface area (TPSA) is 61.2 Å². The van der Waals surface area contributed by atoms with E-state index < -0.39 is 9.84 Å². The predicted octanol–water partition coefficient (Wildman–Crippen LogP) is 0.655. The highest BCUT2D eigenvalue weighted by atomic mass is 32.2. The maximum Gasteiger partial charge on any atom is 0.147 e. The Balaban J connectivity index is 3.75. The van der Waals surface area contributed by atoms with Crippen LogP contribution in [0, 0.1) is 11.3 Å². The van der Waals surface area contributed by atoms with Gasteiger partial charge in [0.1, 0.15) is 9.84 Å². The molecular formula is C9H18N2O2S. The Morgan fingerprint density at radius 2 is 2.07 bits per heavy atom. The Labute approximate surface area is 86.4 Å². The van der Waals surface area contributed by atoms with Crippen molar-refractivity contribution in [1.82, 2.24) is 4.90 Å². The highest BCUT2D eigenvalue weighted by molar-refractivity contribution is 7.90. The molecule has 4 nitrogen and oxygen atoms in total. The van der Waals surface area contributed by atoms with Crippen LogP contribution in [-0.4, -0.2) is 45.0 Å². The molecule has 0 rings (SSSR count). The monoisotopic (exact) mass is 218 g/mol. The summed E-state index contributed by atoms with van der Waals surface area (Å²) in [6, 6.07) is 2.29. The SMILES string of the molecule is CC(CC#N)N(C)CCCS(C)(=O)=O. The lowest BCUT2D eigenvalue weighted by Gasteiger charge is -2.21. The smallest absolute Gasteiger partial charge is 0.147 e. The molecule has 0 radical (unpaired) electrons. The fourth-order valence-corrected chi connectivity index (χ4v) is 1.74. The largest absolute Gasteiger partial charge is 0.303 e. The summed E-state index contributed by atoms with van der Waals surface area (Å²) in [4.78, 5) is 2.01. The second-order valence-electron chi connectivity index (χ2n) is 3.68. The first-order chi connectivity index (χ1) is 6.37. The number of rotatable bonds is 6. The molecule has 0 amide bonds. The second-order valence-corrected chi connectivity index (χ2v) is 5.94. The fourth-order valence-electron chi connectivity index (χ4n) is 1.08. The highest BCUT2D eigenvalue weighted by Crippen LogP contribution is 2.01. The van der Waals surface area contributed by atoms with Gasteiger partial charge in [-0.25, -0.2) is 8.42 Å². The van der Waals surface area contributed by atoms with Crippen molar-refractivity contribution in [3.05, 3.63) is 0 Å². The minimum absolute atomic E-state index is 0.194. The predicted molar refractivity (Wildman–Crippen MR) is 56.6 cm³/mol. The molecule has 0 heterocycles. The molecular weight excluding hydrogens is 200 g/mol. The van der Waals surface area contributed by atoms with Crippen LogP contribution >= 0.6 is 0 Å². The van der Waals surface area contributed by atoms with Crippen molar-refractivity contribution >= 4 is 9.84 Å². The third kappa shape index (κ3) is 6.87. The highest BCUT2D eigenvalue weighted by Gasteiger charge is 2.09. The van der Waals surface area contributed by atoms with E-state index in [0.29, 0.717) is 12.8 Å². The van der Waals surface area contributed by atoms with Crippen molar-refractivity contribution in [2.24, 2.45) is 0 Å². The lowest BCUT2D eigenvalue weighted by atomic mass is 10.2. The number of sulfone groups is 1. The molecule has 0 saturated carbocycles. The van der Waals surface area contributed by atoms with Gasteiger partial charge in [-0.15, -0.1) is 0 Å². The summed E-state index contributed by atoms with van der Waals surface area (Å²) < 4.78 is 21.7. The molecule has 5 heteroatoms. The molecule has 0 aliphatic rings. The lowest BCUT2D eigenvalue weighted by molar-refractivity contribution is 0.261. The molecule has 0 saturated heterocycles. The van der Waals surface area contributed by atoms with Gasteiger partial charge >= 0.3 is 0 Å². The van der Waals surface area contributed by atoms with Crippen LogP contribution in [0.25, 0.3) is 0 Å². The van der Waals surface area contributed by atoms with E-state index in [-0.39, 0.29) is 11.8 Å². The first-order valence-electron chi connectivity index (χ1n) is 4.61. The minimum atomic E-state index is -2.85. The zero-order valence-electron chi connectivity index (χ0n) is 9.02. The Kier molecular flexibility index (Phi) is 5.73. The minimum Gasteiger partial charge on any atom is -0.303 e. The van der Waals surface area contributed by atoms with Crippen LogP contribution in [0.4, 0.5) is 0 Å². The van der Waals surface area contributed by atoms with E-state index in [1.165, 1.54) is 6.26 Å². The van der Waals surface area contributed by atoms with E-state index in [4.69, 9.17) is 5.26 Å². The van der Waals surface area contributed by atoms with Crippen LogP contribution in [0.2, 0.25) is 0 Å². The molecule has 0 N–H and O–H groups in total. The van der Waals surface area contributed by atoms with Crippen LogP contribution in [-0.2, 0) is 9.84 Å². The molecule has 1 unspecified atom stereocenters. The lowest BCUT2D eigenvalue weighted by Crippen LogP contribution is -2.30. The molecule has 0 aliphatic heterocycles. The van der Waals surface area contributed by atoms with Gasteiger partial charge in [-0.1, -0.05) is 0 Å². The summed E-state index contributed by atoms with van der Waals surface area (Å²) in [6.07, 6.45) is 2.35. The Bertz CT molecular complexity index is 292. The summed E-state index contributed by atoms with van der Waals surface area (Å²) in [7, 11) is -0.942. The van der Waals surface area contributed by atoms with Crippen LogP contribution in [0.5, 0.6) is 0 Å². The van der Waals surface area contributed by atoms with Gasteiger partial charge in [-0.3, -0.25) is 0 Å². The third-order valence-electron chi connectivity index (χ3n) is 2.17. The van der Waals surface area contributed by atoms with Crippen LogP contribution < -0.4 is 0 Å². The van der Waals surface area contributed by atoms with Crippen molar-refractivity contribution in [2.45, 2.75) is 25.8 Å². The molecule has 82 valence electrons. The Morgan fingerprint density at radius 3 is 2.50 bits per heavy atom. The van der Waals surface area contributed by atoms with Gasteiger partial charge < -0.3 is 4.90 Å². The van der Waals surface area contributed by atoms with Gasteiger partial charge in [0.25, 0.3) is 0 Å². The third-order valence-corrected chi connectivity index (χ3v) is 3.20. The van der Waals surface area contributed by atoms with E-state index in [1.54, 1.807) is 0 Å². The van der Waals surface area contributed by atoms with Gasteiger partial charge in [0.15, 0.2) is 0 Å². The summed E-state index contributed by atoms with van der Waals surface area (Å²) in [5.74, 6) is 0.219. The molecule has 0 spiro atoms. The van der Waals surface area contributed by atoms with Crippen molar-refractivity contribution in [1.29, 1.82) is 5.26 Å². The van der Waals surface area contributed by atoms with Crippen molar-refractivity contribution in [3.63, 3.8) is 0 Å². The van der Waals surface area contributed by atoms with Crippen LogP contribution in [0.1, 0.15) is 19.8 Å². The standard InChI is InChI=1S/C9H18N2O2S/c1-9(5-6-10)11(2)7-4-8-14(3,12)13/h9H,4-5,7-8H2,1-3H3. The molecule has 0 bridgehead atoms. The quantitative estimate of drug-likeness (QED) is 0.657. The summed E-state index contributed by atoms with van der Waals surface area (Å²) >= 11 is 0. The van der Waals surface area contributed by atoms with E-state index in [9.17, 15) is 8.42 Å². The summed E-state index contributed by atoms with van der Waals surface area (Å²) in [5.41, 5.74) is 0. The molecule has 1 atom stereocenters. The number of hydrogen-bond acceptors (Lipinski definition) is 4. The number of nitriles is 1. The zero-order chi connectivity index (χ0) is 11.2. The number of hydrogen-bond donors (Lipinski definition) is 0. The van der Waals surface area contributed by atoms with E-state index in [0.717, 1.165) is 6.54 Å². The molecule has 0 aliphatic carbocycles. The van der Waals surface area contributed by atoms with Gasteiger partial charge in [-0.2, -0.15) is 5.26 Å². The second kappa shape index (κ2) is 5.99. The fraction of sp³-hybridized carbons (Fsp3) is 0.889. The normalized spacial score (nSPS) is 13.9. The summed E-state index contributed by atoms with van der Waals surface area (Å²) in [5, 5.41) is 8.47. The number of nitrogens with zero attached hydrogens (tertiary/aromatic N) is 2. The maximum atomic E-state index is 10.8. The van der Waals surface area contributed by atoms with Gasteiger partial charge in [0, 0.05) is 12.3 Å². The van der Waals surface area contributed by atoms with Gasteiger partial charge in [-0.05, 0) is 26.9 Å². The Hall–Kier alpha value is -0.600. The molecule has 14 heavy (non-hydrogen) atoms. The van der Waals surface area contributed by atoms with Gasteiger partial charge in [0.05, 0.1) is 18.2 Å².